The zero-order valence-electron chi connectivity index (χ0n) is 22.6. The number of carbonyl (C=O) groups excluding carboxylic acids is 3. The topological polar surface area (TPSA) is 130 Å². The summed E-state index contributed by atoms with van der Waals surface area (Å²) in [5.74, 6) is -0.977. The largest absolute Gasteiger partial charge is 0.444 e. The molecule has 2 heterocycles. The number of nitrogens with zero attached hydrogens (tertiary/aromatic N) is 2. The molecular formula is C28H38N4O6. The van der Waals surface area contributed by atoms with E-state index in [1.165, 1.54) is 23.9 Å². The standard InChI is InChI=1S/C28H38N4O6/c1-27(2,3)38-26(36)31-15-12-28(37,13-16-31)11-8-14-30-23(33)21-17-22(24(34)29-4)25(35)32(19-21)18-20-9-6-5-7-10-20/h5-7,9-10,17,19,37H,8,11-16,18H2,1-4H3,(H,29,34)(H,30,33). The Kier molecular flexibility index (Phi) is 9.32. The summed E-state index contributed by atoms with van der Waals surface area (Å²) in [5, 5.41) is 16.2. The molecule has 0 saturated carbocycles. The minimum absolute atomic E-state index is 0.109. The molecule has 10 heteroatoms. The number of ether oxygens (including phenoxy) is 1. The first-order chi connectivity index (χ1) is 17.9. The van der Waals surface area contributed by atoms with E-state index in [1.807, 2.05) is 51.1 Å². The summed E-state index contributed by atoms with van der Waals surface area (Å²) >= 11 is 0. The Morgan fingerprint density at radius 1 is 1.08 bits per heavy atom. The molecule has 1 saturated heterocycles. The second kappa shape index (κ2) is 12.3. The summed E-state index contributed by atoms with van der Waals surface area (Å²) in [5.41, 5.74) is -1.02. The van der Waals surface area contributed by atoms with Crippen LogP contribution in [0.2, 0.25) is 0 Å². The number of aliphatic hydroxyl groups is 1. The lowest BCUT2D eigenvalue weighted by Crippen LogP contribution is -2.48. The highest BCUT2D eigenvalue weighted by atomic mass is 16.6. The Bertz CT molecular complexity index is 1190. The van der Waals surface area contributed by atoms with Gasteiger partial charge in [-0.25, -0.2) is 4.79 Å². The number of rotatable bonds is 8. The lowest BCUT2D eigenvalue weighted by atomic mass is 9.87. The number of hydrogen-bond donors (Lipinski definition) is 3. The van der Waals surface area contributed by atoms with Crippen molar-refractivity contribution in [2.24, 2.45) is 0 Å². The summed E-state index contributed by atoms with van der Waals surface area (Å²) in [7, 11) is 1.43. The van der Waals surface area contributed by atoms with Crippen molar-refractivity contribution in [3.63, 3.8) is 0 Å². The van der Waals surface area contributed by atoms with Crippen LogP contribution in [0, 0.1) is 0 Å². The lowest BCUT2D eigenvalue weighted by Gasteiger charge is -2.38. The highest BCUT2D eigenvalue weighted by Gasteiger charge is 2.35. The van der Waals surface area contributed by atoms with E-state index < -0.39 is 28.6 Å². The van der Waals surface area contributed by atoms with Crippen LogP contribution in [0.4, 0.5) is 4.79 Å². The molecule has 3 amide bonds. The zero-order valence-corrected chi connectivity index (χ0v) is 22.6. The van der Waals surface area contributed by atoms with Crippen LogP contribution in [0.3, 0.4) is 0 Å². The predicted octanol–water partition coefficient (Wildman–Crippen LogP) is 2.53. The molecule has 1 aromatic heterocycles. The van der Waals surface area contributed by atoms with Gasteiger partial charge in [-0.15, -0.1) is 0 Å². The minimum atomic E-state index is -0.918. The number of pyridine rings is 1. The van der Waals surface area contributed by atoms with Gasteiger partial charge in [-0.3, -0.25) is 14.4 Å². The van der Waals surface area contributed by atoms with E-state index in [0.717, 1.165) is 5.56 Å². The van der Waals surface area contributed by atoms with Gasteiger partial charge in [-0.05, 0) is 58.1 Å². The van der Waals surface area contributed by atoms with Crippen molar-refractivity contribution in [1.82, 2.24) is 20.1 Å². The first-order valence-corrected chi connectivity index (χ1v) is 12.9. The van der Waals surface area contributed by atoms with Crippen molar-refractivity contribution in [2.75, 3.05) is 26.7 Å². The number of likely N-dealkylation sites (tertiary alicyclic amines) is 1. The Labute approximate surface area is 223 Å². The molecule has 0 spiro atoms. The number of amides is 3. The molecule has 0 unspecified atom stereocenters. The molecule has 0 bridgehead atoms. The lowest BCUT2D eigenvalue weighted by molar-refractivity contribution is -0.0374. The minimum Gasteiger partial charge on any atom is -0.444 e. The van der Waals surface area contributed by atoms with E-state index in [1.54, 1.807) is 4.90 Å². The maximum atomic E-state index is 12.9. The molecule has 0 atom stereocenters. The smallest absolute Gasteiger partial charge is 0.410 e. The molecule has 38 heavy (non-hydrogen) atoms. The molecule has 3 rings (SSSR count). The SMILES string of the molecule is CNC(=O)c1cc(C(=O)NCCCC2(O)CCN(C(=O)OC(C)(C)C)CC2)cn(Cc2ccccc2)c1=O. The molecule has 0 radical (unpaired) electrons. The molecule has 1 aromatic carbocycles. The van der Waals surface area contributed by atoms with Crippen LogP contribution in [0.1, 0.15) is 72.7 Å². The van der Waals surface area contributed by atoms with Crippen molar-refractivity contribution in [2.45, 2.75) is 64.2 Å². The average molecular weight is 527 g/mol. The van der Waals surface area contributed by atoms with Gasteiger partial charge < -0.3 is 29.9 Å². The fraction of sp³-hybridized carbons (Fsp3) is 0.500. The van der Waals surface area contributed by atoms with Gasteiger partial charge >= 0.3 is 6.09 Å². The highest BCUT2D eigenvalue weighted by molar-refractivity contribution is 5.99. The second-order valence-corrected chi connectivity index (χ2v) is 10.7. The van der Waals surface area contributed by atoms with E-state index in [2.05, 4.69) is 10.6 Å². The van der Waals surface area contributed by atoms with Crippen LogP contribution in [-0.2, 0) is 11.3 Å². The molecule has 1 aliphatic rings. The van der Waals surface area contributed by atoms with Crippen LogP contribution in [0.15, 0.2) is 47.4 Å². The summed E-state index contributed by atoms with van der Waals surface area (Å²) in [6.45, 7) is 6.79. The second-order valence-electron chi connectivity index (χ2n) is 10.7. The van der Waals surface area contributed by atoms with E-state index in [-0.39, 0.29) is 23.8 Å². The third-order valence-corrected chi connectivity index (χ3v) is 6.47. The Balaban J connectivity index is 1.57. The zero-order chi connectivity index (χ0) is 27.9. The van der Waals surface area contributed by atoms with Crippen molar-refractivity contribution >= 4 is 17.9 Å². The Morgan fingerprint density at radius 3 is 2.34 bits per heavy atom. The first-order valence-electron chi connectivity index (χ1n) is 12.9. The van der Waals surface area contributed by atoms with Crippen molar-refractivity contribution in [3.8, 4) is 0 Å². The van der Waals surface area contributed by atoms with Crippen LogP contribution in [0.25, 0.3) is 0 Å². The average Bonchev–Trinajstić information content (AvgIpc) is 2.87. The van der Waals surface area contributed by atoms with Crippen molar-refractivity contribution < 1.29 is 24.2 Å². The van der Waals surface area contributed by atoms with E-state index in [0.29, 0.717) is 45.3 Å². The van der Waals surface area contributed by atoms with Gasteiger partial charge in [0.1, 0.15) is 11.2 Å². The molecule has 1 fully saturated rings. The Morgan fingerprint density at radius 2 is 1.74 bits per heavy atom. The van der Waals surface area contributed by atoms with Gasteiger partial charge in [0.15, 0.2) is 0 Å². The van der Waals surface area contributed by atoms with Gasteiger partial charge in [0.25, 0.3) is 17.4 Å². The van der Waals surface area contributed by atoms with Gasteiger partial charge in [-0.2, -0.15) is 0 Å². The molecule has 206 valence electrons. The van der Waals surface area contributed by atoms with E-state index in [4.69, 9.17) is 4.74 Å². The summed E-state index contributed by atoms with van der Waals surface area (Å²) < 4.78 is 6.76. The van der Waals surface area contributed by atoms with Crippen LogP contribution in [0.5, 0.6) is 0 Å². The molecule has 3 N–H and O–H groups in total. The summed E-state index contributed by atoms with van der Waals surface area (Å²) in [6, 6.07) is 10.6. The first kappa shape index (κ1) is 28.9. The van der Waals surface area contributed by atoms with Crippen LogP contribution < -0.4 is 16.2 Å². The molecule has 2 aromatic rings. The molecule has 0 aliphatic carbocycles. The molecule has 1 aliphatic heterocycles. The third kappa shape index (κ3) is 7.92. The van der Waals surface area contributed by atoms with E-state index >= 15 is 0 Å². The fourth-order valence-corrected chi connectivity index (χ4v) is 4.36. The number of nitrogens with one attached hydrogen (secondary N) is 2. The van der Waals surface area contributed by atoms with Crippen LogP contribution in [-0.4, -0.2) is 70.4 Å². The maximum Gasteiger partial charge on any atom is 0.410 e. The van der Waals surface area contributed by atoms with Crippen molar-refractivity contribution in [1.29, 1.82) is 0 Å². The predicted molar refractivity (Wildman–Crippen MR) is 143 cm³/mol. The van der Waals surface area contributed by atoms with Crippen molar-refractivity contribution in [3.05, 3.63) is 69.6 Å². The molecule has 10 nitrogen and oxygen atoms in total. The van der Waals surface area contributed by atoms with Gasteiger partial charge in [-0.1, -0.05) is 30.3 Å². The fourth-order valence-electron chi connectivity index (χ4n) is 4.36. The van der Waals surface area contributed by atoms with Gasteiger partial charge in [0, 0.05) is 32.9 Å². The number of hydrogen-bond acceptors (Lipinski definition) is 6. The third-order valence-electron chi connectivity index (χ3n) is 6.47. The number of carbonyl (C=O) groups is 3. The van der Waals surface area contributed by atoms with Crippen LogP contribution >= 0.6 is 0 Å². The van der Waals surface area contributed by atoms with Gasteiger partial charge in [0.2, 0.25) is 0 Å². The normalized spacial score (nSPS) is 15.0. The monoisotopic (exact) mass is 526 g/mol. The Hall–Kier alpha value is -3.66. The number of piperidine rings is 1. The number of benzene rings is 1. The highest BCUT2D eigenvalue weighted by Crippen LogP contribution is 2.27. The van der Waals surface area contributed by atoms with Gasteiger partial charge in [0.05, 0.1) is 17.7 Å². The molecular weight excluding hydrogens is 488 g/mol. The summed E-state index contributed by atoms with van der Waals surface area (Å²) in [6.07, 6.45) is 2.93. The summed E-state index contributed by atoms with van der Waals surface area (Å²) in [4.78, 5) is 51.9. The van der Waals surface area contributed by atoms with E-state index in [9.17, 15) is 24.3 Å². The quantitative estimate of drug-likeness (QED) is 0.453. The maximum absolute atomic E-state index is 12.9. The number of aromatic nitrogens is 1.